The molecule has 0 aromatic heterocycles. The lowest BCUT2D eigenvalue weighted by Crippen LogP contribution is -2.54. The SMILES string of the molecule is NCC(=O)N1CCC[C@H]1C(=O)N1CCC[C@H]1C(=O)NCC(=O)N1CCC[C@H]1C(=O)O. The van der Waals surface area contributed by atoms with Crippen molar-refractivity contribution >= 4 is 29.6 Å². The number of likely N-dealkylation sites (tertiary alicyclic amines) is 3. The van der Waals surface area contributed by atoms with Crippen molar-refractivity contribution in [2.75, 3.05) is 32.7 Å². The van der Waals surface area contributed by atoms with Gasteiger partial charge in [0.1, 0.15) is 18.1 Å². The molecule has 3 atom stereocenters. The molecule has 0 spiro atoms. The van der Waals surface area contributed by atoms with Crippen LogP contribution in [-0.2, 0) is 24.0 Å². The van der Waals surface area contributed by atoms with Gasteiger partial charge in [0.25, 0.3) is 0 Å². The van der Waals surface area contributed by atoms with Crippen molar-refractivity contribution in [1.82, 2.24) is 20.0 Å². The molecule has 4 N–H and O–H groups in total. The predicted molar refractivity (Wildman–Crippen MR) is 104 cm³/mol. The number of nitrogens with zero attached hydrogens (tertiary/aromatic N) is 3. The maximum absolute atomic E-state index is 13.0. The van der Waals surface area contributed by atoms with Crippen LogP contribution in [0.5, 0.6) is 0 Å². The van der Waals surface area contributed by atoms with Crippen molar-refractivity contribution in [3.8, 4) is 0 Å². The Bertz CT molecular complexity index is 728. The lowest BCUT2D eigenvalue weighted by Gasteiger charge is -2.31. The third kappa shape index (κ3) is 4.40. The fourth-order valence-corrected chi connectivity index (χ4v) is 4.64. The van der Waals surface area contributed by atoms with Gasteiger partial charge in [-0.3, -0.25) is 19.2 Å². The first kappa shape index (κ1) is 22.0. The van der Waals surface area contributed by atoms with Crippen molar-refractivity contribution in [3.63, 3.8) is 0 Å². The van der Waals surface area contributed by atoms with Crippen molar-refractivity contribution in [3.05, 3.63) is 0 Å². The summed E-state index contributed by atoms with van der Waals surface area (Å²) in [5.74, 6) is -2.47. The van der Waals surface area contributed by atoms with Crippen LogP contribution in [0.4, 0.5) is 0 Å². The average Bonchev–Trinajstić information content (AvgIpc) is 3.49. The van der Waals surface area contributed by atoms with E-state index < -0.39 is 35.9 Å². The highest BCUT2D eigenvalue weighted by molar-refractivity contribution is 5.94. The van der Waals surface area contributed by atoms with Crippen molar-refractivity contribution in [2.24, 2.45) is 5.73 Å². The van der Waals surface area contributed by atoms with Gasteiger partial charge in [-0.1, -0.05) is 0 Å². The van der Waals surface area contributed by atoms with Crippen LogP contribution in [0, 0.1) is 0 Å². The molecule has 3 fully saturated rings. The highest BCUT2D eigenvalue weighted by Gasteiger charge is 2.42. The number of carboxylic acid groups (broad SMARTS) is 1. The standard InChI is InChI=1S/C19H29N5O6/c20-10-15(25)22-7-2-5-13(22)18(28)24-9-1-4-12(24)17(27)21-11-16(26)23-8-3-6-14(23)19(29)30/h12-14H,1-11,20H2,(H,21,27)(H,29,30)/t12-,13-,14-/m0/s1. The molecular formula is C19H29N5O6. The Labute approximate surface area is 174 Å². The van der Waals surface area contributed by atoms with Gasteiger partial charge < -0.3 is 30.9 Å². The number of carboxylic acids is 1. The quantitative estimate of drug-likeness (QED) is 0.452. The highest BCUT2D eigenvalue weighted by atomic mass is 16.4. The number of hydrogen-bond donors (Lipinski definition) is 3. The Balaban J connectivity index is 1.58. The van der Waals surface area contributed by atoms with Gasteiger partial charge in [0.2, 0.25) is 23.6 Å². The first-order chi connectivity index (χ1) is 14.3. The summed E-state index contributed by atoms with van der Waals surface area (Å²) in [6.07, 6.45) is 3.40. The molecule has 11 nitrogen and oxygen atoms in total. The van der Waals surface area contributed by atoms with Crippen molar-refractivity contribution in [2.45, 2.75) is 56.7 Å². The zero-order valence-electron chi connectivity index (χ0n) is 16.9. The Morgan fingerprint density at radius 2 is 1.33 bits per heavy atom. The summed E-state index contributed by atoms with van der Waals surface area (Å²) >= 11 is 0. The van der Waals surface area contributed by atoms with Gasteiger partial charge in [0, 0.05) is 19.6 Å². The first-order valence-corrected chi connectivity index (χ1v) is 10.4. The van der Waals surface area contributed by atoms with Gasteiger partial charge in [-0.25, -0.2) is 4.79 Å². The lowest BCUT2D eigenvalue weighted by molar-refractivity contribution is -0.148. The molecule has 166 valence electrons. The second kappa shape index (κ2) is 9.41. The van der Waals surface area contributed by atoms with Gasteiger partial charge in [-0.05, 0) is 38.5 Å². The summed E-state index contributed by atoms with van der Waals surface area (Å²) in [4.78, 5) is 65.6. The average molecular weight is 423 g/mol. The molecule has 0 saturated carbocycles. The molecule has 0 radical (unpaired) electrons. The number of carbonyl (C=O) groups is 5. The van der Waals surface area contributed by atoms with Gasteiger partial charge in [-0.2, -0.15) is 0 Å². The largest absolute Gasteiger partial charge is 0.480 e. The minimum Gasteiger partial charge on any atom is -0.480 e. The van der Waals surface area contributed by atoms with Crippen molar-refractivity contribution in [1.29, 1.82) is 0 Å². The molecule has 0 bridgehead atoms. The molecule has 0 aliphatic carbocycles. The number of hydrogen-bond acceptors (Lipinski definition) is 6. The molecule has 4 amide bonds. The van der Waals surface area contributed by atoms with Crippen LogP contribution >= 0.6 is 0 Å². The van der Waals surface area contributed by atoms with E-state index in [0.717, 1.165) is 0 Å². The summed E-state index contributed by atoms with van der Waals surface area (Å²) in [5, 5.41) is 11.8. The molecule has 3 heterocycles. The molecule has 11 heteroatoms. The monoisotopic (exact) mass is 423 g/mol. The smallest absolute Gasteiger partial charge is 0.326 e. The van der Waals surface area contributed by atoms with Crippen LogP contribution in [0.3, 0.4) is 0 Å². The minimum atomic E-state index is -1.05. The van der Waals surface area contributed by atoms with E-state index in [4.69, 9.17) is 5.73 Å². The summed E-state index contributed by atoms with van der Waals surface area (Å²) in [7, 11) is 0. The molecule has 30 heavy (non-hydrogen) atoms. The fourth-order valence-electron chi connectivity index (χ4n) is 4.64. The maximum atomic E-state index is 13.0. The summed E-state index contributed by atoms with van der Waals surface area (Å²) in [6, 6.07) is -2.15. The normalized spacial score (nSPS) is 26.2. The molecule has 0 unspecified atom stereocenters. The lowest BCUT2D eigenvalue weighted by atomic mass is 10.1. The third-order valence-electron chi connectivity index (χ3n) is 6.14. The number of nitrogens with one attached hydrogen (secondary N) is 1. The van der Waals surface area contributed by atoms with Crippen LogP contribution in [0.2, 0.25) is 0 Å². The highest BCUT2D eigenvalue weighted by Crippen LogP contribution is 2.25. The third-order valence-corrected chi connectivity index (χ3v) is 6.14. The van der Waals surface area contributed by atoms with E-state index in [-0.39, 0.29) is 24.9 Å². The van der Waals surface area contributed by atoms with E-state index in [1.165, 1.54) is 14.7 Å². The van der Waals surface area contributed by atoms with Gasteiger partial charge in [-0.15, -0.1) is 0 Å². The summed E-state index contributed by atoms with van der Waals surface area (Å²) in [6.45, 7) is 0.782. The molecule has 3 aliphatic heterocycles. The van der Waals surface area contributed by atoms with E-state index in [1.54, 1.807) is 0 Å². The molecule has 0 aromatic carbocycles. The number of amides is 4. The Morgan fingerprint density at radius 1 is 0.800 bits per heavy atom. The van der Waals surface area contributed by atoms with E-state index in [1.807, 2.05) is 0 Å². The minimum absolute atomic E-state index is 0.163. The second-order valence-electron chi connectivity index (χ2n) is 7.94. The Kier molecular flexibility index (Phi) is 6.91. The van der Waals surface area contributed by atoms with Gasteiger partial charge in [0.15, 0.2) is 0 Å². The van der Waals surface area contributed by atoms with Crippen LogP contribution in [0.25, 0.3) is 0 Å². The molecule has 3 saturated heterocycles. The predicted octanol–water partition coefficient (Wildman–Crippen LogP) is -1.88. The summed E-state index contributed by atoms with van der Waals surface area (Å²) in [5.41, 5.74) is 5.44. The zero-order chi connectivity index (χ0) is 21.8. The number of carbonyl (C=O) groups excluding carboxylic acids is 4. The van der Waals surface area contributed by atoms with E-state index in [9.17, 15) is 29.1 Å². The topological polar surface area (TPSA) is 153 Å². The van der Waals surface area contributed by atoms with E-state index in [0.29, 0.717) is 58.2 Å². The Morgan fingerprint density at radius 3 is 1.93 bits per heavy atom. The van der Waals surface area contributed by atoms with Crippen LogP contribution < -0.4 is 11.1 Å². The van der Waals surface area contributed by atoms with E-state index in [2.05, 4.69) is 5.32 Å². The molecule has 0 aromatic rings. The maximum Gasteiger partial charge on any atom is 0.326 e. The zero-order valence-corrected chi connectivity index (χ0v) is 16.9. The first-order valence-electron chi connectivity index (χ1n) is 10.4. The van der Waals surface area contributed by atoms with E-state index >= 15 is 0 Å². The van der Waals surface area contributed by atoms with Crippen molar-refractivity contribution < 1.29 is 29.1 Å². The number of aliphatic carboxylic acids is 1. The fraction of sp³-hybridized carbons (Fsp3) is 0.737. The second-order valence-corrected chi connectivity index (χ2v) is 7.94. The Hall–Kier alpha value is -2.69. The number of nitrogens with two attached hydrogens (primary N) is 1. The molecular weight excluding hydrogens is 394 g/mol. The molecule has 3 rings (SSSR count). The van der Waals surface area contributed by atoms with Gasteiger partial charge in [0.05, 0.1) is 13.1 Å². The van der Waals surface area contributed by atoms with Crippen LogP contribution in [0.15, 0.2) is 0 Å². The van der Waals surface area contributed by atoms with Crippen LogP contribution in [0.1, 0.15) is 38.5 Å². The van der Waals surface area contributed by atoms with Gasteiger partial charge >= 0.3 is 5.97 Å². The van der Waals surface area contributed by atoms with Crippen LogP contribution in [-0.4, -0.2) is 100 Å². The molecule has 3 aliphatic rings. The number of rotatable bonds is 6. The summed E-state index contributed by atoms with van der Waals surface area (Å²) < 4.78 is 0.